The third kappa shape index (κ3) is 5.53. The summed E-state index contributed by atoms with van der Waals surface area (Å²) in [5.41, 5.74) is 1.25. The van der Waals surface area contributed by atoms with Crippen LogP contribution in [0.3, 0.4) is 0 Å². The van der Waals surface area contributed by atoms with Crippen LogP contribution in [0.5, 0.6) is 0 Å². The maximum atomic E-state index is 14.2. The second kappa shape index (κ2) is 7.76. The van der Waals surface area contributed by atoms with Crippen molar-refractivity contribution in [2.45, 2.75) is 40.5 Å². The van der Waals surface area contributed by atoms with Crippen molar-refractivity contribution in [1.82, 2.24) is 0 Å². The number of halogens is 1. The van der Waals surface area contributed by atoms with Gasteiger partial charge in [0.05, 0.1) is 5.69 Å². The highest BCUT2D eigenvalue weighted by Crippen LogP contribution is 2.28. The largest absolute Gasteiger partial charge is 0.383 e. The number of carbonyl (C=O) groups is 2. The first kappa shape index (κ1) is 17.1. The van der Waals surface area contributed by atoms with Gasteiger partial charge < -0.3 is 10.6 Å². The molecule has 0 radical (unpaired) electrons. The molecule has 1 aromatic rings. The van der Waals surface area contributed by atoms with Gasteiger partial charge in [0.2, 0.25) is 5.91 Å². The van der Waals surface area contributed by atoms with E-state index in [1.165, 1.54) is 19.9 Å². The van der Waals surface area contributed by atoms with E-state index in [0.717, 1.165) is 6.42 Å². The highest BCUT2D eigenvalue weighted by molar-refractivity contribution is 5.93. The first-order valence-electron chi connectivity index (χ1n) is 7.16. The van der Waals surface area contributed by atoms with Crippen molar-refractivity contribution >= 4 is 23.1 Å². The maximum Gasteiger partial charge on any atom is 0.221 e. The number of amides is 1. The van der Waals surface area contributed by atoms with Gasteiger partial charge in [-0.25, -0.2) is 4.39 Å². The number of ketones is 1. The van der Waals surface area contributed by atoms with Crippen LogP contribution in [-0.4, -0.2) is 18.2 Å². The molecule has 0 saturated heterocycles. The molecule has 0 saturated carbocycles. The van der Waals surface area contributed by atoms with Crippen LogP contribution in [0.4, 0.5) is 15.8 Å². The first-order chi connectivity index (χ1) is 9.83. The number of Topliss-reactive ketones (excluding diaryl/α,β-unsaturated/α-hetero) is 1. The van der Waals surface area contributed by atoms with Gasteiger partial charge in [-0.05, 0) is 30.5 Å². The van der Waals surface area contributed by atoms with Gasteiger partial charge in [-0.1, -0.05) is 20.3 Å². The molecule has 0 aliphatic rings. The van der Waals surface area contributed by atoms with Crippen LogP contribution in [0, 0.1) is 11.7 Å². The van der Waals surface area contributed by atoms with Gasteiger partial charge in [-0.15, -0.1) is 0 Å². The van der Waals surface area contributed by atoms with Gasteiger partial charge in [0.25, 0.3) is 0 Å². The molecule has 5 heteroatoms. The van der Waals surface area contributed by atoms with Crippen LogP contribution in [-0.2, 0) is 16.0 Å². The SMILES string of the molecule is CC[C@H](C)CNc1cc(CC(C)=O)cc(F)c1NC(C)=O. The zero-order valence-electron chi connectivity index (χ0n) is 13.0. The Morgan fingerprint density at radius 2 is 1.95 bits per heavy atom. The van der Waals surface area contributed by atoms with E-state index in [1.54, 1.807) is 6.07 Å². The number of carbonyl (C=O) groups excluding carboxylic acids is 2. The molecule has 0 aliphatic carbocycles. The zero-order valence-corrected chi connectivity index (χ0v) is 13.0. The van der Waals surface area contributed by atoms with E-state index in [2.05, 4.69) is 24.5 Å². The highest BCUT2D eigenvalue weighted by Gasteiger charge is 2.14. The lowest BCUT2D eigenvalue weighted by atomic mass is 10.1. The Bertz CT molecular complexity index is 529. The van der Waals surface area contributed by atoms with Crippen molar-refractivity contribution in [1.29, 1.82) is 0 Å². The normalized spacial score (nSPS) is 11.9. The monoisotopic (exact) mass is 294 g/mol. The third-order valence-corrected chi connectivity index (χ3v) is 3.24. The van der Waals surface area contributed by atoms with E-state index in [0.29, 0.717) is 23.7 Å². The lowest BCUT2D eigenvalue weighted by Crippen LogP contribution is -2.15. The van der Waals surface area contributed by atoms with E-state index in [9.17, 15) is 14.0 Å². The quantitative estimate of drug-likeness (QED) is 0.810. The Labute approximate surface area is 125 Å². The van der Waals surface area contributed by atoms with Crippen molar-refractivity contribution in [3.8, 4) is 0 Å². The van der Waals surface area contributed by atoms with Crippen LogP contribution in [0.2, 0.25) is 0 Å². The number of anilines is 2. The molecule has 0 unspecified atom stereocenters. The predicted molar refractivity (Wildman–Crippen MR) is 83.0 cm³/mol. The van der Waals surface area contributed by atoms with E-state index in [4.69, 9.17) is 0 Å². The summed E-state index contributed by atoms with van der Waals surface area (Å²) in [7, 11) is 0. The molecule has 1 amide bonds. The predicted octanol–water partition coefficient (Wildman–Crippen LogP) is 3.37. The van der Waals surface area contributed by atoms with Crippen molar-refractivity contribution in [3.05, 3.63) is 23.5 Å². The molecule has 0 spiro atoms. The number of hydrogen-bond donors (Lipinski definition) is 2. The van der Waals surface area contributed by atoms with Gasteiger partial charge in [0.1, 0.15) is 17.3 Å². The molecule has 0 heterocycles. The fourth-order valence-electron chi connectivity index (χ4n) is 1.92. The van der Waals surface area contributed by atoms with Crippen LogP contribution in [0.1, 0.15) is 39.7 Å². The molecule has 0 aromatic heterocycles. The average Bonchev–Trinajstić information content (AvgIpc) is 2.38. The molecule has 1 atom stereocenters. The van der Waals surface area contributed by atoms with E-state index < -0.39 is 5.82 Å². The van der Waals surface area contributed by atoms with Crippen LogP contribution in [0.25, 0.3) is 0 Å². The molecule has 2 N–H and O–H groups in total. The summed E-state index contributed by atoms with van der Waals surface area (Å²) in [6.07, 6.45) is 1.17. The molecule has 1 aromatic carbocycles. The average molecular weight is 294 g/mol. The molecule has 0 fully saturated rings. The highest BCUT2D eigenvalue weighted by atomic mass is 19.1. The lowest BCUT2D eigenvalue weighted by molar-refractivity contribution is -0.116. The smallest absolute Gasteiger partial charge is 0.221 e. The van der Waals surface area contributed by atoms with Crippen LogP contribution < -0.4 is 10.6 Å². The Kier molecular flexibility index (Phi) is 6.34. The molecule has 1 rings (SSSR count). The summed E-state index contributed by atoms with van der Waals surface area (Å²) in [5, 5.41) is 5.66. The van der Waals surface area contributed by atoms with Gasteiger partial charge in [0, 0.05) is 19.9 Å². The van der Waals surface area contributed by atoms with Gasteiger partial charge in [-0.3, -0.25) is 9.59 Å². The Hall–Kier alpha value is -1.91. The second-order valence-electron chi connectivity index (χ2n) is 5.45. The Balaban J connectivity index is 3.09. The van der Waals surface area contributed by atoms with Crippen molar-refractivity contribution in [3.63, 3.8) is 0 Å². The summed E-state index contributed by atoms with van der Waals surface area (Å²) >= 11 is 0. The maximum absolute atomic E-state index is 14.2. The van der Waals surface area contributed by atoms with E-state index in [-0.39, 0.29) is 23.8 Å². The third-order valence-electron chi connectivity index (χ3n) is 3.24. The molecule has 116 valence electrons. The summed E-state index contributed by atoms with van der Waals surface area (Å²) in [6, 6.07) is 3.01. The minimum atomic E-state index is -0.532. The van der Waals surface area contributed by atoms with E-state index in [1.807, 2.05) is 0 Å². The zero-order chi connectivity index (χ0) is 16.0. The molecule has 21 heavy (non-hydrogen) atoms. The molecular weight excluding hydrogens is 271 g/mol. The number of rotatable bonds is 7. The van der Waals surface area contributed by atoms with Crippen molar-refractivity contribution in [2.24, 2.45) is 5.92 Å². The van der Waals surface area contributed by atoms with Crippen molar-refractivity contribution < 1.29 is 14.0 Å². The summed E-state index contributed by atoms with van der Waals surface area (Å²) in [5.74, 6) is -0.473. The Morgan fingerprint density at radius 3 is 2.48 bits per heavy atom. The number of nitrogens with one attached hydrogen (secondary N) is 2. The standard InChI is InChI=1S/C16H23FN2O2/c1-5-10(2)9-18-15-8-13(6-11(3)20)7-14(17)16(15)19-12(4)21/h7-8,10,18H,5-6,9H2,1-4H3,(H,19,21)/t10-/m0/s1. The minimum absolute atomic E-state index is 0.0328. The van der Waals surface area contributed by atoms with Gasteiger partial charge in [0.15, 0.2) is 0 Å². The summed E-state index contributed by atoms with van der Waals surface area (Å²) < 4.78 is 14.2. The summed E-state index contributed by atoms with van der Waals surface area (Å²) in [4.78, 5) is 22.4. The van der Waals surface area contributed by atoms with Crippen LogP contribution in [0.15, 0.2) is 12.1 Å². The molecule has 4 nitrogen and oxygen atoms in total. The molecular formula is C16H23FN2O2. The van der Waals surface area contributed by atoms with Crippen LogP contribution >= 0.6 is 0 Å². The van der Waals surface area contributed by atoms with Crippen molar-refractivity contribution in [2.75, 3.05) is 17.2 Å². The fourth-order valence-corrected chi connectivity index (χ4v) is 1.92. The fraction of sp³-hybridized carbons (Fsp3) is 0.500. The number of benzene rings is 1. The van der Waals surface area contributed by atoms with Gasteiger partial charge >= 0.3 is 0 Å². The molecule has 0 bridgehead atoms. The topological polar surface area (TPSA) is 58.2 Å². The lowest BCUT2D eigenvalue weighted by Gasteiger charge is -2.17. The minimum Gasteiger partial charge on any atom is -0.383 e. The van der Waals surface area contributed by atoms with Gasteiger partial charge in [-0.2, -0.15) is 0 Å². The molecule has 0 aliphatic heterocycles. The summed E-state index contributed by atoms with van der Waals surface area (Å²) in [6.45, 7) is 7.63. The second-order valence-corrected chi connectivity index (χ2v) is 5.45. The Morgan fingerprint density at radius 1 is 1.29 bits per heavy atom. The number of hydrogen-bond acceptors (Lipinski definition) is 3. The first-order valence-corrected chi connectivity index (χ1v) is 7.16. The van der Waals surface area contributed by atoms with E-state index >= 15 is 0 Å².